The molecule has 0 saturated carbocycles. The summed E-state index contributed by atoms with van der Waals surface area (Å²) in [6, 6.07) is 1.30. The minimum Gasteiger partial charge on any atom is -0.332 e. The van der Waals surface area contributed by atoms with E-state index in [1.54, 1.807) is 0 Å². The van der Waals surface area contributed by atoms with Crippen LogP contribution in [-0.2, 0) is 0 Å². The summed E-state index contributed by atoms with van der Waals surface area (Å²) in [6.45, 7) is 0. The summed E-state index contributed by atoms with van der Waals surface area (Å²) in [7, 11) is 0. The van der Waals surface area contributed by atoms with E-state index >= 15 is 0 Å². The van der Waals surface area contributed by atoms with Crippen LogP contribution in [0.3, 0.4) is 0 Å². The van der Waals surface area contributed by atoms with Crippen LogP contribution in [0.25, 0.3) is 0 Å². The number of nitrogens with two attached hydrogens (primary N) is 1. The fraction of sp³-hybridized carbons (Fsp3) is 0.857. The molecule has 3 fully saturated rings. The van der Waals surface area contributed by atoms with Crippen molar-refractivity contribution >= 4 is 6.03 Å². The van der Waals surface area contributed by atoms with Crippen molar-refractivity contribution in [1.29, 1.82) is 0 Å². The lowest BCUT2D eigenvalue weighted by atomic mass is 9.91. The molecule has 11 heavy (non-hydrogen) atoms. The summed E-state index contributed by atoms with van der Waals surface area (Å²) in [4.78, 5) is 13.1. The monoisotopic (exact) mass is 153 g/mol. The minimum absolute atomic E-state index is 0.101. The van der Waals surface area contributed by atoms with Gasteiger partial charge in [0.1, 0.15) is 0 Å². The molecule has 3 N–H and O–H groups in total. The Morgan fingerprint density at radius 1 is 1.45 bits per heavy atom. The smallest absolute Gasteiger partial charge is 0.318 e. The minimum atomic E-state index is 0.101. The highest BCUT2D eigenvalue weighted by molar-refractivity contribution is 5.80. The van der Waals surface area contributed by atoms with Gasteiger partial charge in [-0.25, -0.2) is 4.79 Å². The highest BCUT2D eigenvalue weighted by atomic mass is 16.2. The summed E-state index contributed by atoms with van der Waals surface area (Å²) in [5.74, 6) is 0. The second kappa shape index (κ2) is 1.53. The molecule has 2 unspecified atom stereocenters. The number of urea groups is 1. The molecule has 60 valence electrons. The number of carbonyl (C=O) groups excluding carboxylic acids is 1. The molecule has 3 heterocycles. The Morgan fingerprint density at radius 2 is 2.18 bits per heavy atom. The molecule has 0 aliphatic carbocycles. The molecule has 0 spiro atoms. The third kappa shape index (κ3) is 0.464. The van der Waals surface area contributed by atoms with Gasteiger partial charge < -0.3 is 16.0 Å². The molecule has 0 aromatic rings. The normalized spacial score (nSPS) is 52.1. The van der Waals surface area contributed by atoms with Crippen LogP contribution >= 0.6 is 0 Å². The van der Waals surface area contributed by atoms with E-state index in [1.807, 2.05) is 4.90 Å². The van der Waals surface area contributed by atoms with E-state index in [2.05, 4.69) is 5.32 Å². The van der Waals surface area contributed by atoms with E-state index in [4.69, 9.17) is 5.73 Å². The molecule has 4 atom stereocenters. The number of hydrogen-bond acceptors (Lipinski definition) is 2. The van der Waals surface area contributed by atoms with Crippen molar-refractivity contribution in [2.75, 3.05) is 0 Å². The fourth-order valence-electron chi connectivity index (χ4n) is 2.80. The Bertz CT molecular complexity index is 222. The van der Waals surface area contributed by atoms with Crippen molar-refractivity contribution in [1.82, 2.24) is 10.2 Å². The molecular weight excluding hydrogens is 142 g/mol. The second-order valence-electron chi connectivity index (χ2n) is 3.67. The van der Waals surface area contributed by atoms with Crippen LogP contribution in [0.15, 0.2) is 0 Å². The van der Waals surface area contributed by atoms with Gasteiger partial charge in [-0.1, -0.05) is 0 Å². The van der Waals surface area contributed by atoms with Crippen LogP contribution in [0, 0.1) is 0 Å². The second-order valence-corrected chi connectivity index (χ2v) is 3.67. The number of carbonyl (C=O) groups is 1. The maximum Gasteiger partial charge on any atom is 0.318 e. The average molecular weight is 153 g/mol. The highest BCUT2D eigenvalue weighted by Gasteiger charge is 2.59. The number of rotatable bonds is 0. The first-order valence-electron chi connectivity index (χ1n) is 4.13. The first-order valence-corrected chi connectivity index (χ1v) is 4.13. The van der Waals surface area contributed by atoms with Gasteiger partial charge in [-0.05, 0) is 12.8 Å². The number of nitrogens with one attached hydrogen (secondary N) is 1. The van der Waals surface area contributed by atoms with Gasteiger partial charge in [0.25, 0.3) is 0 Å². The van der Waals surface area contributed by atoms with Gasteiger partial charge in [0.2, 0.25) is 0 Å². The summed E-state index contributed by atoms with van der Waals surface area (Å²) in [6.07, 6.45) is 2.25. The highest BCUT2D eigenvalue weighted by Crippen LogP contribution is 2.40. The van der Waals surface area contributed by atoms with Gasteiger partial charge in [-0.3, -0.25) is 0 Å². The molecular formula is C7H11N3O. The van der Waals surface area contributed by atoms with Crippen molar-refractivity contribution in [3.63, 3.8) is 0 Å². The predicted octanol–water partition coefficient (Wildman–Crippen LogP) is -0.748. The van der Waals surface area contributed by atoms with E-state index in [-0.39, 0.29) is 18.1 Å². The molecule has 4 bridgehead atoms. The van der Waals surface area contributed by atoms with Gasteiger partial charge >= 0.3 is 6.03 Å². The van der Waals surface area contributed by atoms with Crippen molar-refractivity contribution in [3.8, 4) is 0 Å². The van der Waals surface area contributed by atoms with Crippen LogP contribution in [0.1, 0.15) is 12.8 Å². The van der Waals surface area contributed by atoms with Crippen molar-refractivity contribution in [2.45, 2.75) is 37.0 Å². The SMILES string of the molecule is N[C@@H]1C2CCC3[C@H]1NC(=O)N23. The number of amides is 2. The largest absolute Gasteiger partial charge is 0.332 e. The average Bonchev–Trinajstić information content (AvgIpc) is 2.54. The third-order valence-electron chi connectivity index (χ3n) is 3.27. The zero-order chi connectivity index (χ0) is 7.59. The van der Waals surface area contributed by atoms with Gasteiger partial charge in [-0.2, -0.15) is 0 Å². The topological polar surface area (TPSA) is 58.4 Å². The maximum absolute atomic E-state index is 11.2. The van der Waals surface area contributed by atoms with Crippen LogP contribution in [0.4, 0.5) is 4.79 Å². The molecule has 3 rings (SSSR count). The molecule has 3 aliphatic rings. The Hall–Kier alpha value is -0.770. The quantitative estimate of drug-likeness (QED) is 0.481. The van der Waals surface area contributed by atoms with E-state index in [9.17, 15) is 4.79 Å². The molecule has 3 saturated heterocycles. The molecule has 3 aliphatic heterocycles. The molecule has 0 aromatic heterocycles. The van der Waals surface area contributed by atoms with E-state index < -0.39 is 0 Å². The van der Waals surface area contributed by atoms with Crippen LogP contribution in [0.5, 0.6) is 0 Å². The maximum atomic E-state index is 11.2. The first kappa shape index (κ1) is 5.83. The van der Waals surface area contributed by atoms with Crippen LogP contribution in [0.2, 0.25) is 0 Å². The summed E-state index contributed by atoms with van der Waals surface area (Å²) in [5, 5.41) is 2.90. The standard InChI is InChI=1S/C7H11N3O/c8-5-3-1-2-4-6(5)9-7(11)10(3)4/h3-6H,1-2,8H2,(H,9,11)/t3?,4?,5-,6-/m1/s1. The van der Waals surface area contributed by atoms with Gasteiger partial charge in [0.15, 0.2) is 0 Å². The Balaban J connectivity index is 2.05. The molecule has 4 heteroatoms. The summed E-state index contributed by atoms with van der Waals surface area (Å²) < 4.78 is 0. The van der Waals surface area contributed by atoms with Crippen molar-refractivity contribution in [3.05, 3.63) is 0 Å². The third-order valence-corrected chi connectivity index (χ3v) is 3.27. The number of nitrogens with zero attached hydrogens (tertiary/aromatic N) is 1. The lowest BCUT2D eigenvalue weighted by molar-refractivity contribution is 0.196. The lowest BCUT2D eigenvalue weighted by Crippen LogP contribution is -2.56. The Kier molecular flexibility index (Phi) is 0.809. The molecule has 4 nitrogen and oxygen atoms in total. The molecule has 0 aromatic carbocycles. The van der Waals surface area contributed by atoms with E-state index in [0.29, 0.717) is 12.1 Å². The van der Waals surface area contributed by atoms with Crippen LogP contribution < -0.4 is 11.1 Å². The Morgan fingerprint density at radius 3 is 2.73 bits per heavy atom. The predicted molar refractivity (Wildman–Crippen MR) is 38.9 cm³/mol. The van der Waals surface area contributed by atoms with Gasteiger partial charge in [0, 0.05) is 6.04 Å². The fourth-order valence-corrected chi connectivity index (χ4v) is 2.80. The lowest BCUT2D eigenvalue weighted by Gasteiger charge is -2.28. The van der Waals surface area contributed by atoms with Crippen molar-refractivity contribution in [2.24, 2.45) is 5.73 Å². The van der Waals surface area contributed by atoms with E-state index in [1.165, 1.54) is 0 Å². The van der Waals surface area contributed by atoms with Crippen LogP contribution in [-0.4, -0.2) is 35.1 Å². The summed E-state index contributed by atoms with van der Waals surface area (Å²) in [5.41, 5.74) is 5.91. The zero-order valence-electron chi connectivity index (χ0n) is 6.16. The molecule has 0 radical (unpaired) electrons. The summed E-state index contributed by atoms with van der Waals surface area (Å²) >= 11 is 0. The number of hydrogen-bond donors (Lipinski definition) is 2. The Labute approximate surface area is 64.7 Å². The molecule has 2 amide bonds. The van der Waals surface area contributed by atoms with E-state index in [0.717, 1.165) is 12.8 Å². The first-order chi connectivity index (χ1) is 5.29. The van der Waals surface area contributed by atoms with Gasteiger partial charge in [0.05, 0.1) is 18.1 Å². The van der Waals surface area contributed by atoms with Crippen molar-refractivity contribution < 1.29 is 4.79 Å². The zero-order valence-corrected chi connectivity index (χ0v) is 6.16. The van der Waals surface area contributed by atoms with Gasteiger partial charge in [-0.15, -0.1) is 0 Å².